The van der Waals surface area contributed by atoms with Crippen LogP contribution in [-0.2, 0) is 14.8 Å². The zero-order valence-electron chi connectivity index (χ0n) is 13.2. The molecule has 1 aliphatic rings. The molecule has 1 saturated heterocycles. The Morgan fingerprint density at radius 3 is 2.71 bits per heavy atom. The highest BCUT2D eigenvalue weighted by Gasteiger charge is 2.27. The van der Waals surface area contributed by atoms with Crippen LogP contribution in [0, 0.1) is 11.3 Å². The predicted octanol–water partition coefficient (Wildman–Crippen LogP) is 2.11. The van der Waals surface area contributed by atoms with E-state index in [-0.39, 0.29) is 27.6 Å². The molecular formula is C15H18ClN3O4S. The number of likely N-dealkylation sites (tertiary alicyclic amines) is 1. The molecular weight excluding hydrogens is 354 g/mol. The molecule has 0 bridgehead atoms. The van der Waals surface area contributed by atoms with Crippen LogP contribution in [-0.4, -0.2) is 45.1 Å². The van der Waals surface area contributed by atoms with E-state index in [0.717, 1.165) is 0 Å². The second-order valence-electron chi connectivity index (χ2n) is 5.33. The number of carbonyl (C=O) groups excluding carboxylic acids is 1. The van der Waals surface area contributed by atoms with Crippen molar-refractivity contribution in [2.45, 2.75) is 30.7 Å². The lowest BCUT2D eigenvalue weighted by Crippen LogP contribution is -2.46. The van der Waals surface area contributed by atoms with Crippen molar-refractivity contribution in [3.05, 3.63) is 28.8 Å². The van der Waals surface area contributed by atoms with E-state index < -0.39 is 10.0 Å². The van der Waals surface area contributed by atoms with Crippen LogP contribution in [0.15, 0.2) is 23.1 Å². The summed E-state index contributed by atoms with van der Waals surface area (Å²) in [4.78, 5) is 13.2. The fourth-order valence-corrected chi connectivity index (χ4v) is 3.93. The molecule has 9 heteroatoms. The Kier molecular flexibility index (Phi) is 6.04. The van der Waals surface area contributed by atoms with E-state index >= 15 is 0 Å². The molecule has 1 aromatic carbocycles. The van der Waals surface area contributed by atoms with Crippen molar-refractivity contribution < 1.29 is 17.9 Å². The second-order valence-corrected chi connectivity index (χ2v) is 7.46. The Hall–Kier alpha value is -1.82. The highest BCUT2D eigenvalue weighted by atomic mass is 35.5. The number of nitriles is 1. The van der Waals surface area contributed by atoms with Gasteiger partial charge in [-0.25, -0.2) is 17.9 Å². The van der Waals surface area contributed by atoms with Gasteiger partial charge in [0.1, 0.15) is 6.07 Å². The molecule has 0 saturated carbocycles. The Balaban J connectivity index is 2.01. The number of sulfonamides is 1. The van der Waals surface area contributed by atoms with E-state index in [1.54, 1.807) is 11.8 Å². The molecule has 0 radical (unpaired) electrons. The third kappa shape index (κ3) is 4.38. The Labute approximate surface area is 146 Å². The smallest absolute Gasteiger partial charge is 0.409 e. The number of carbonyl (C=O) groups is 1. The van der Waals surface area contributed by atoms with Crippen molar-refractivity contribution >= 4 is 27.7 Å². The molecule has 1 aromatic rings. The number of hydrogen-bond donors (Lipinski definition) is 1. The van der Waals surface area contributed by atoms with E-state index in [2.05, 4.69) is 4.72 Å². The van der Waals surface area contributed by atoms with Crippen LogP contribution < -0.4 is 4.72 Å². The molecule has 24 heavy (non-hydrogen) atoms. The van der Waals surface area contributed by atoms with Crippen molar-refractivity contribution in [2.24, 2.45) is 0 Å². The largest absolute Gasteiger partial charge is 0.450 e. The van der Waals surface area contributed by atoms with Gasteiger partial charge >= 0.3 is 6.09 Å². The first-order valence-corrected chi connectivity index (χ1v) is 9.37. The van der Waals surface area contributed by atoms with Gasteiger partial charge in [-0.05, 0) is 38.0 Å². The fourth-order valence-electron chi connectivity index (χ4n) is 2.44. The van der Waals surface area contributed by atoms with Gasteiger partial charge in [0.2, 0.25) is 10.0 Å². The number of hydrogen-bond acceptors (Lipinski definition) is 5. The summed E-state index contributed by atoms with van der Waals surface area (Å²) in [7, 11) is -3.75. The van der Waals surface area contributed by atoms with Crippen LogP contribution in [0.1, 0.15) is 25.3 Å². The molecule has 1 N–H and O–H groups in total. The van der Waals surface area contributed by atoms with Crippen LogP contribution in [0.25, 0.3) is 0 Å². The molecule has 0 unspecified atom stereocenters. The molecule has 0 spiro atoms. The van der Waals surface area contributed by atoms with E-state index in [1.165, 1.54) is 18.2 Å². The zero-order valence-corrected chi connectivity index (χ0v) is 14.7. The number of benzene rings is 1. The van der Waals surface area contributed by atoms with Gasteiger partial charge in [0.05, 0.1) is 22.1 Å². The first-order chi connectivity index (χ1) is 11.4. The highest BCUT2D eigenvalue weighted by molar-refractivity contribution is 7.89. The number of nitrogens with zero attached hydrogens (tertiary/aromatic N) is 2. The molecule has 2 rings (SSSR count). The maximum absolute atomic E-state index is 12.4. The van der Waals surface area contributed by atoms with Crippen LogP contribution in [0.5, 0.6) is 0 Å². The van der Waals surface area contributed by atoms with E-state index in [4.69, 9.17) is 21.6 Å². The maximum atomic E-state index is 12.4. The van der Waals surface area contributed by atoms with Gasteiger partial charge in [0.25, 0.3) is 0 Å². The molecule has 7 nitrogen and oxygen atoms in total. The standard InChI is InChI=1S/C15H18ClN3O4S/c1-2-23-15(20)19-7-5-12(6-8-19)18-24(21,22)13-3-4-14(16)11(9-13)10-17/h3-4,9,12,18H,2,5-8H2,1H3. The normalized spacial score (nSPS) is 15.8. The predicted molar refractivity (Wildman–Crippen MR) is 88.1 cm³/mol. The zero-order chi connectivity index (χ0) is 17.7. The minimum atomic E-state index is -3.75. The summed E-state index contributed by atoms with van der Waals surface area (Å²) in [5, 5.41) is 9.16. The third-order valence-corrected chi connectivity index (χ3v) is 5.56. The van der Waals surface area contributed by atoms with Crippen molar-refractivity contribution in [3.63, 3.8) is 0 Å². The van der Waals surface area contributed by atoms with Gasteiger partial charge in [-0.3, -0.25) is 0 Å². The number of piperidine rings is 1. The summed E-state index contributed by atoms with van der Waals surface area (Å²) in [6.07, 6.45) is 0.614. The van der Waals surface area contributed by atoms with Gasteiger partial charge < -0.3 is 9.64 Å². The first-order valence-electron chi connectivity index (χ1n) is 7.51. The minimum absolute atomic E-state index is 0.00345. The van der Waals surface area contributed by atoms with Gasteiger partial charge in [0, 0.05) is 19.1 Å². The lowest BCUT2D eigenvalue weighted by Gasteiger charge is -2.31. The van der Waals surface area contributed by atoms with Crippen LogP contribution in [0.3, 0.4) is 0 Å². The molecule has 1 fully saturated rings. The summed E-state index contributed by atoms with van der Waals surface area (Å²) in [5.41, 5.74) is 0.108. The third-order valence-electron chi connectivity index (χ3n) is 3.71. The monoisotopic (exact) mass is 371 g/mol. The van der Waals surface area contributed by atoms with Crippen molar-refractivity contribution in [1.29, 1.82) is 5.26 Å². The molecule has 0 aliphatic carbocycles. The quantitative estimate of drug-likeness (QED) is 0.873. The molecule has 0 aromatic heterocycles. The molecule has 1 aliphatic heterocycles. The number of halogens is 1. The Bertz CT molecular complexity index is 752. The lowest BCUT2D eigenvalue weighted by molar-refractivity contribution is 0.0966. The van der Waals surface area contributed by atoms with Crippen LogP contribution >= 0.6 is 11.6 Å². The minimum Gasteiger partial charge on any atom is -0.450 e. The summed E-state index contributed by atoms with van der Waals surface area (Å²) < 4.78 is 32.4. The average Bonchev–Trinajstić information content (AvgIpc) is 2.55. The Morgan fingerprint density at radius 2 is 2.12 bits per heavy atom. The second kappa shape index (κ2) is 7.83. The van der Waals surface area contributed by atoms with Gasteiger partial charge in [-0.2, -0.15) is 5.26 Å². The highest BCUT2D eigenvalue weighted by Crippen LogP contribution is 2.21. The first kappa shape index (κ1) is 18.5. The van der Waals surface area contributed by atoms with E-state index in [0.29, 0.717) is 32.5 Å². The van der Waals surface area contributed by atoms with Crippen molar-refractivity contribution in [3.8, 4) is 6.07 Å². The fraction of sp³-hybridized carbons (Fsp3) is 0.467. The summed E-state index contributed by atoms with van der Waals surface area (Å²) in [6, 6.07) is 5.58. The Morgan fingerprint density at radius 1 is 1.46 bits per heavy atom. The van der Waals surface area contributed by atoms with E-state index in [9.17, 15) is 13.2 Å². The van der Waals surface area contributed by atoms with Gasteiger partial charge in [-0.15, -0.1) is 0 Å². The number of ether oxygens (including phenoxy) is 1. The number of amides is 1. The van der Waals surface area contributed by atoms with Gasteiger partial charge in [0.15, 0.2) is 0 Å². The molecule has 130 valence electrons. The number of nitrogens with one attached hydrogen (secondary N) is 1. The van der Waals surface area contributed by atoms with Gasteiger partial charge in [-0.1, -0.05) is 11.6 Å². The summed E-state index contributed by atoms with van der Waals surface area (Å²) in [6.45, 7) is 2.90. The van der Waals surface area contributed by atoms with Crippen molar-refractivity contribution in [2.75, 3.05) is 19.7 Å². The van der Waals surface area contributed by atoms with E-state index in [1.807, 2.05) is 6.07 Å². The molecule has 1 heterocycles. The topological polar surface area (TPSA) is 99.5 Å². The number of rotatable bonds is 4. The molecule has 1 amide bonds. The SMILES string of the molecule is CCOC(=O)N1CCC(NS(=O)(=O)c2ccc(Cl)c(C#N)c2)CC1. The summed E-state index contributed by atoms with van der Waals surface area (Å²) in [5.74, 6) is 0. The average molecular weight is 372 g/mol. The lowest BCUT2D eigenvalue weighted by atomic mass is 10.1. The van der Waals surface area contributed by atoms with Crippen LogP contribution in [0.4, 0.5) is 4.79 Å². The van der Waals surface area contributed by atoms with Crippen molar-refractivity contribution in [1.82, 2.24) is 9.62 Å². The summed E-state index contributed by atoms with van der Waals surface area (Å²) >= 11 is 5.82. The molecule has 0 atom stereocenters. The van der Waals surface area contributed by atoms with Crippen LogP contribution in [0.2, 0.25) is 5.02 Å². The maximum Gasteiger partial charge on any atom is 0.409 e.